The highest BCUT2D eigenvalue weighted by atomic mass is 35.5. The first-order chi connectivity index (χ1) is 8.00. The Morgan fingerprint density at radius 3 is 2.53 bits per heavy atom. The number of halogens is 2. The van der Waals surface area contributed by atoms with E-state index in [1.54, 1.807) is 18.2 Å². The summed E-state index contributed by atoms with van der Waals surface area (Å²) in [6, 6.07) is 4.98. The fourth-order valence-corrected chi connectivity index (χ4v) is 1.98. The Labute approximate surface area is 108 Å². The monoisotopic (exact) mass is 271 g/mol. The number of benzene rings is 1. The van der Waals surface area contributed by atoms with Gasteiger partial charge in [0.2, 0.25) is 0 Å². The standard InChI is InChI=1S/C11H11Cl2N3O/c1-7(2)15-6-14-16(11(15)17)10-4-3-8(12)5-9(10)13/h3-7H,1-2H3. The van der Waals surface area contributed by atoms with Crippen LogP contribution in [0.15, 0.2) is 29.3 Å². The quantitative estimate of drug-likeness (QED) is 0.843. The third-order valence-electron chi connectivity index (χ3n) is 2.39. The van der Waals surface area contributed by atoms with Crippen LogP contribution in [-0.2, 0) is 0 Å². The van der Waals surface area contributed by atoms with Crippen molar-refractivity contribution in [3.05, 3.63) is 45.1 Å². The lowest BCUT2D eigenvalue weighted by Crippen LogP contribution is -2.24. The molecular weight excluding hydrogens is 261 g/mol. The van der Waals surface area contributed by atoms with E-state index in [2.05, 4.69) is 5.10 Å². The highest BCUT2D eigenvalue weighted by Gasteiger charge is 2.11. The van der Waals surface area contributed by atoms with Gasteiger partial charge in [0, 0.05) is 11.1 Å². The Bertz CT molecular complexity index is 601. The van der Waals surface area contributed by atoms with E-state index in [-0.39, 0.29) is 11.7 Å². The van der Waals surface area contributed by atoms with Gasteiger partial charge in [0.05, 0.1) is 10.7 Å². The van der Waals surface area contributed by atoms with E-state index in [1.165, 1.54) is 15.6 Å². The van der Waals surface area contributed by atoms with Crippen LogP contribution in [0, 0.1) is 0 Å². The maximum atomic E-state index is 12.0. The first kappa shape index (κ1) is 12.2. The van der Waals surface area contributed by atoms with Gasteiger partial charge in [0.1, 0.15) is 6.33 Å². The Kier molecular flexibility index (Phi) is 3.26. The van der Waals surface area contributed by atoms with Gasteiger partial charge in [-0.05, 0) is 32.0 Å². The molecule has 0 aliphatic rings. The van der Waals surface area contributed by atoms with Gasteiger partial charge in [-0.15, -0.1) is 0 Å². The lowest BCUT2D eigenvalue weighted by Gasteiger charge is -2.04. The summed E-state index contributed by atoms with van der Waals surface area (Å²) in [6.07, 6.45) is 1.50. The summed E-state index contributed by atoms with van der Waals surface area (Å²) >= 11 is 11.8. The van der Waals surface area contributed by atoms with Gasteiger partial charge in [-0.3, -0.25) is 4.57 Å². The maximum Gasteiger partial charge on any atom is 0.350 e. The second-order valence-electron chi connectivity index (χ2n) is 3.92. The van der Waals surface area contributed by atoms with Crippen LogP contribution in [0.25, 0.3) is 5.69 Å². The smallest absolute Gasteiger partial charge is 0.279 e. The van der Waals surface area contributed by atoms with Gasteiger partial charge < -0.3 is 0 Å². The molecule has 0 N–H and O–H groups in total. The van der Waals surface area contributed by atoms with Crippen molar-refractivity contribution >= 4 is 23.2 Å². The van der Waals surface area contributed by atoms with Gasteiger partial charge >= 0.3 is 5.69 Å². The van der Waals surface area contributed by atoms with Crippen molar-refractivity contribution in [2.75, 3.05) is 0 Å². The predicted octanol–water partition coefficient (Wildman–Crippen LogP) is 2.92. The molecule has 1 aromatic heterocycles. The molecule has 1 aromatic carbocycles. The molecule has 1 heterocycles. The van der Waals surface area contributed by atoms with Crippen LogP contribution in [0.5, 0.6) is 0 Å². The van der Waals surface area contributed by atoms with E-state index in [0.29, 0.717) is 15.7 Å². The Balaban J connectivity index is 2.58. The van der Waals surface area contributed by atoms with E-state index in [4.69, 9.17) is 23.2 Å². The molecule has 0 fully saturated rings. The molecule has 0 atom stereocenters. The van der Waals surface area contributed by atoms with Gasteiger partial charge in [-0.2, -0.15) is 9.78 Å². The molecule has 0 spiro atoms. The molecule has 0 aliphatic heterocycles. The minimum atomic E-state index is -0.218. The number of hydrogen-bond donors (Lipinski definition) is 0. The van der Waals surface area contributed by atoms with Gasteiger partial charge in [0.15, 0.2) is 0 Å². The molecule has 0 saturated carbocycles. The van der Waals surface area contributed by atoms with Crippen molar-refractivity contribution in [2.24, 2.45) is 0 Å². The largest absolute Gasteiger partial charge is 0.350 e. The molecule has 0 unspecified atom stereocenters. The van der Waals surface area contributed by atoms with Crippen molar-refractivity contribution < 1.29 is 0 Å². The summed E-state index contributed by atoms with van der Waals surface area (Å²) in [6.45, 7) is 3.83. The summed E-state index contributed by atoms with van der Waals surface area (Å²) < 4.78 is 2.80. The fraction of sp³-hybridized carbons (Fsp3) is 0.273. The van der Waals surface area contributed by atoms with Gasteiger partial charge in [0.25, 0.3) is 0 Å². The van der Waals surface area contributed by atoms with Gasteiger partial charge in [-0.1, -0.05) is 23.2 Å². The lowest BCUT2D eigenvalue weighted by atomic mass is 10.3. The first-order valence-corrected chi connectivity index (χ1v) is 5.88. The first-order valence-electron chi connectivity index (χ1n) is 5.12. The third kappa shape index (κ3) is 2.23. The van der Waals surface area contributed by atoms with Gasteiger partial charge in [-0.25, -0.2) is 4.79 Å². The normalized spacial score (nSPS) is 11.1. The SMILES string of the molecule is CC(C)n1cnn(-c2ccc(Cl)cc2Cl)c1=O. The summed E-state index contributed by atoms with van der Waals surface area (Å²) in [4.78, 5) is 12.0. The third-order valence-corrected chi connectivity index (χ3v) is 2.93. The van der Waals surface area contributed by atoms with Crippen molar-refractivity contribution in [1.82, 2.24) is 14.3 Å². The Hall–Kier alpha value is -1.26. The van der Waals surface area contributed by atoms with Crippen LogP contribution >= 0.6 is 23.2 Å². The zero-order valence-corrected chi connectivity index (χ0v) is 10.9. The summed E-state index contributed by atoms with van der Waals surface area (Å²) in [5.41, 5.74) is 0.310. The molecule has 0 saturated heterocycles. The number of hydrogen-bond acceptors (Lipinski definition) is 2. The van der Waals surface area contributed by atoms with Crippen LogP contribution in [0.1, 0.15) is 19.9 Å². The molecule has 6 heteroatoms. The van der Waals surface area contributed by atoms with Crippen LogP contribution in [-0.4, -0.2) is 14.3 Å². The maximum absolute atomic E-state index is 12.0. The predicted molar refractivity (Wildman–Crippen MR) is 68.2 cm³/mol. The van der Waals surface area contributed by atoms with Crippen molar-refractivity contribution in [2.45, 2.75) is 19.9 Å². The molecule has 90 valence electrons. The summed E-state index contributed by atoms with van der Waals surface area (Å²) in [5.74, 6) is 0. The zero-order valence-electron chi connectivity index (χ0n) is 9.39. The highest BCUT2D eigenvalue weighted by molar-refractivity contribution is 6.35. The molecule has 2 aromatic rings. The van der Waals surface area contributed by atoms with E-state index in [0.717, 1.165) is 0 Å². The van der Waals surface area contributed by atoms with Crippen LogP contribution < -0.4 is 5.69 Å². The van der Waals surface area contributed by atoms with Crippen molar-refractivity contribution in [3.63, 3.8) is 0 Å². The topological polar surface area (TPSA) is 39.8 Å². The van der Waals surface area contributed by atoms with E-state index in [1.807, 2.05) is 13.8 Å². The zero-order chi connectivity index (χ0) is 12.6. The van der Waals surface area contributed by atoms with Crippen molar-refractivity contribution in [3.8, 4) is 5.69 Å². The number of aromatic nitrogens is 3. The number of rotatable bonds is 2. The average Bonchev–Trinajstić information content (AvgIpc) is 2.60. The van der Waals surface area contributed by atoms with E-state index < -0.39 is 0 Å². The summed E-state index contributed by atoms with van der Waals surface area (Å²) in [7, 11) is 0. The molecule has 4 nitrogen and oxygen atoms in total. The second kappa shape index (κ2) is 4.55. The van der Waals surface area contributed by atoms with Crippen LogP contribution in [0.2, 0.25) is 10.0 Å². The van der Waals surface area contributed by atoms with Crippen molar-refractivity contribution in [1.29, 1.82) is 0 Å². The average molecular weight is 272 g/mol. The lowest BCUT2D eigenvalue weighted by molar-refractivity contribution is 0.574. The molecule has 17 heavy (non-hydrogen) atoms. The molecule has 0 aliphatic carbocycles. The van der Waals surface area contributed by atoms with E-state index >= 15 is 0 Å². The number of nitrogens with zero attached hydrogens (tertiary/aromatic N) is 3. The van der Waals surface area contributed by atoms with Crippen LogP contribution in [0.3, 0.4) is 0 Å². The molecule has 0 radical (unpaired) electrons. The Morgan fingerprint density at radius 1 is 1.29 bits per heavy atom. The van der Waals surface area contributed by atoms with E-state index in [9.17, 15) is 4.79 Å². The fourth-order valence-electron chi connectivity index (χ4n) is 1.49. The molecule has 2 rings (SSSR count). The Morgan fingerprint density at radius 2 is 2.00 bits per heavy atom. The molecule has 0 bridgehead atoms. The minimum absolute atomic E-state index is 0.0577. The molecule has 0 amide bonds. The molecular formula is C11H11Cl2N3O. The highest BCUT2D eigenvalue weighted by Crippen LogP contribution is 2.22. The minimum Gasteiger partial charge on any atom is -0.279 e. The van der Waals surface area contributed by atoms with Crippen LogP contribution in [0.4, 0.5) is 0 Å². The second-order valence-corrected chi connectivity index (χ2v) is 4.77. The summed E-state index contributed by atoms with van der Waals surface area (Å²) in [5, 5.41) is 4.96.